The van der Waals surface area contributed by atoms with E-state index in [1.165, 1.54) is 136 Å². The van der Waals surface area contributed by atoms with Crippen LogP contribution in [0.5, 0.6) is 0 Å². The number of rotatable bonds is 2. The fourth-order valence-electron chi connectivity index (χ4n) is 16.1. The first-order valence-electron chi connectivity index (χ1n) is 24.1. The summed E-state index contributed by atoms with van der Waals surface area (Å²) in [6, 6.07) is 33.4. The van der Waals surface area contributed by atoms with Crippen LogP contribution in [0.25, 0.3) is 104 Å². The van der Waals surface area contributed by atoms with Crippen molar-refractivity contribution in [3.05, 3.63) is 126 Å². The predicted molar refractivity (Wildman–Crippen MR) is 253 cm³/mol. The average molecular weight is 816 g/mol. The highest BCUT2D eigenvalue weighted by Gasteiger charge is 2.47. The van der Waals surface area contributed by atoms with Gasteiger partial charge in [0.2, 0.25) is 0 Å². The van der Waals surface area contributed by atoms with Crippen molar-refractivity contribution in [1.82, 2.24) is 14.4 Å². The molecule has 5 aromatic carbocycles. The van der Waals surface area contributed by atoms with E-state index >= 15 is 0 Å². The topological polar surface area (TPSA) is 56.5 Å². The maximum Gasteiger partial charge on any atom is 0.143 e. The van der Waals surface area contributed by atoms with E-state index in [0.29, 0.717) is 23.7 Å². The molecule has 0 saturated heterocycles. The van der Waals surface area contributed by atoms with Gasteiger partial charge in [-0.2, -0.15) is 0 Å². The van der Waals surface area contributed by atoms with E-state index in [0.717, 1.165) is 67.9 Å². The van der Waals surface area contributed by atoms with E-state index in [9.17, 15) is 0 Å². The van der Waals surface area contributed by atoms with Crippen molar-refractivity contribution in [3.8, 4) is 22.3 Å². The zero-order valence-corrected chi connectivity index (χ0v) is 35.2. The molecular formula is C58H45N3O2. The van der Waals surface area contributed by atoms with Gasteiger partial charge in [-0.1, -0.05) is 72.8 Å². The molecule has 0 radical (unpaired) electrons. The first kappa shape index (κ1) is 33.4. The number of furan rings is 2. The first-order chi connectivity index (χ1) is 31.2. The third-order valence-electron chi connectivity index (χ3n) is 18.0. The van der Waals surface area contributed by atoms with Crippen LogP contribution in [0, 0.1) is 23.7 Å². The lowest BCUT2D eigenvalue weighted by Gasteiger charge is -2.38. The van der Waals surface area contributed by atoms with Gasteiger partial charge < -0.3 is 13.2 Å². The minimum Gasteiger partial charge on any atom is -0.455 e. The fraction of sp³-hybridized carbons (Fsp3) is 0.310. The molecule has 0 spiro atoms. The third-order valence-corrected chi connectivity index (χ3v) is 18.0. The molecule has 0 amide bonds. The monoisotopic (exact) mass is 815 g/mol. The molecule has 19 rings (SSSR count). The predicted octanol–water partition coefficient (Wildman–Crippen LogP) is 15.5. The highest BCUT2D eigenvalue weighted by molar-refractivity contribution is 6.33. The molecule has 0 N–H and O–H groups in total. The van der Waals surface area contributed by atoms with E-state index in [2.05, 4.69) is 108 Å². The molecule has 4 saturated carbocycles. The first-order valence-corrected chi connectivity index (χ1v) is 24.1. The van der Waals surface area contributed by atoms with Crippen molar-refractivity contribution in [2.75, 3.05) is 0 Å². The van der Waals surface area contributed by atoms with Crippen molar-refractivity contribution in [3.63, 3.8) is 0 Å². The summed E-state index contributed by atoms with van der Waals surface area (Å²) in [6.07, 6.45) is 17.7. The molecule has 5 heteroatoms. The number of hydrogen-bond acceptors (Lipinski definition) is 4. The van der Waals surface area contributed by atoms with Crippen LogP contribution >= 0.6 is 0 Å². The van der Waals surface area contributed by atoms with Gasteiger partial charge in [0, 0.05) is 77.4 Å². The smallest absolute Gasteiger partial charge is 0.143 e. The van der Waals surface area contributed by atoms with Gasteiger partial charge in [-0.3, -0.25) is 9.97 Å². The summed E-state index contributed by atoms with van der Waals surface area (Å²) in [5.74, 6) is 5.37. The summed E-state index contributed by atoms with van der Waals surface area (Å²) < 4.78 is 16.6. The molecule has 5 nitrogen and oxygen atoms in total. The quantitative estimate of drug-likeness (QED) is 0.174. The SMILES string of the molecule is c1ccc2c(c1)oc1c(-c3cc(-c4cccc5c4oc4ccccc45)c4c5c6c(ncc5n5c7cnc8c(c7c3c45)C3CC4CC(CC8C4)C3)C3CC4CC(C3)CC6C4)cccc12. The second-order valence-electron chi connectivity index (χ2n) is 21.2. The molecule has 8 bridgehead atoms. The normalized spacial score (nSPS) is 27.0. The maximum atomic E-state index is 6.99. The number of hydrogen-bond donors (Lipinski definition) is 0. The van der Waals surface area contributed by atoms with Crippen LogP contribution in [0.1, 0.15) is 110 Å². The molecule has 63 heavy (non-hydrogen) atoms. The molecule has 11 aromatic rings. The van der Waals surface area contributed by atoms with Gasteiger partial charge in [0.1, 0.15) is 22.3 Å². The molecule has 304 valence electrons. The van der Waals surface area contributed by atoms with E-state index < -0.39 is 0 Å². The van der Waals surface area contributed by atoms with Crippen LogP contribution in [-0.4, -0.2) is 14.4 Å². The van der Waals surface area contributed by atoms with E-state index in [-0.39, 0.29) is 0 Å². The van der Waals surface area contributed by atoms with Gasteiger partial charge in [-0.15, -0.1) is 0 Å². The van der Waals surface area contributed by atoms with Crippen molar-refractivity contribution in [2.24, 2.45) is 23.7 Å². The Morgan fingerprint density at radius 3 is 1.32 bits per heavy atom. The summed E-state index contributed by atoms with van der Waals surface area (Å²) in [4.78, 5) is 11.3. The number of nitrogens with zero attached hydrogens (tertiary/aromatic N) is 3. The van der Waals surface area contributed by atoms with E-state index in [1.54, 1.807) is 11.1 Å². The standard InChI is InChI=1S/C58H45N3O2/c1-3-13-46-36(7-1)38-9-5-11-40(57(38)62-46)42-25-43(41-12-6-10-39-37-8-2-4-14-47(37)63-58(39)41)51-53-45(27-60-55-35-23-30-16-31(24-35)20-33(19-30)49(53)55)61-44-26-59-54-34-21-28-15-29(22-34)18-32(17-28)48(54)52(44)50(42)56(51)61/h1-14,25-35H,15-24H2. The number of pyridine rings is 2. The lowest BCUT2D eigenvalue weighted by molar-refractivity contribution is 0.165. The Morgan fingerprint density at radius 2 is 0.841 bits per heavy atom. The zero-order chi connectivity index (χ0) is 40.4. The van der Waals surface area contributed by atoms with Gasteiger partial charge in [0.15, 0.2) is 0 Å². The lowest BCUT2D eigenvalue weighted by atomic mass is 9.67. The molecule has 4 unspecified atom stereocenters. The van der Waals surface area contributed by atoms with Gasteiger partial charge in [-0.05, 0) is 140 Å². The van der Waals surface area contributed by atoms with Crippen LogP contribution in [0.4, 0.5) is 0 Å². The van der Waals surface area contributed by atoms with Crippen molar-refractivity contribution in [1.29, 1.82) is 0 Å². The number of aromatic nitrogens is 3. The van der Waals surface area contributed by atoms with Crippen LogP contribution in [0.3, 0.4) is 0 Å². The van der Waals surface area contributed by atoms with Gasteiger partial charge in [-0.25, -0.2) is 0 Å². The summed E-state index contributed by atoms with van der Waals surface area (Å²) in [5, 5.41) is 10.3. The third kappa shape index (κ3) is 4.13. The second kappa shape index (κ2) is 11.5. The molecule has 0 aliphatic heterocycles. The van der Waals surface area contributed by atoms with Crippen LogP contribution in [-0.2, 0) is 0 Å². The summed E-state index contributed by atoms with van der Waals surface area (Å²) in [6.45, 7) is 0. The zero-order valence-electron chi connectivity index (χ0n) is 35.2. The Morgan fingerprint density at radius 1 is 0.413 bits per heavy atom. The molecule has 6 heterocycles. The average Bonchev–Trinajstić information content (AvgIpc) is 4.01. The van der Waals surface area contributed by atoms with Crippen LogP contribution in [0.2, 0.25) is 0 Å². The molecule has 4 atom stereocenters. The van der Waals surface area contributed by atoms with Crippen LogP contribution < -0.4 is 0 Å². The summed E-state index contributed by atoms with van der Waals surface area (Å²) >= 11 is 0. The highest BCUT2D eigenvalue weighted by Crippen LogP contribution is 2.62. The number of fused-ring (bicyclic) bond motifs is 12. The second-order valence-corrected chi connectivity index (χ2v) is 21.2. The Labute approximate surface area is 363 Å². The Bertz CT molecular complexity index is 3570. The van der Waals surface area contributed by atoms with Gasteiger partial charge in [0.05, 0.1) is 28.9 Å². The minimum absolute atomic E-state index is 0.531. The largest absolute Gasteiger partial charge is 0.455 e. The number of benzene rings is 5. The van der Waals surface area contributed by atoms with Crippen molar-refractivity contribution in [2.45, 2.75) is 87.9 Å². The molecule has 4 fully saturated rings. The van der Waals surface area contributed by atoms with Crippen molar-refractivity contribution < 1.29 is 8.83 Å². The molecular weight excluding hydrogens is 771 g/mol. The fourth-order valence-corrected chi connectivity index (χ4v) is 16.1. The Balaban J connectivity index is 1.11. The maximum absolute atomic E-state index is 6.99. The number of para-hydroxylation sites is 4. The Hall–Kier alpha value is -6.20. The summed E-state index contributed by atoms with van der Waals surface area (Å²) in [5.41, 5.74) is 18.3. The lowest BCUT2D eigenvalue weighted by Crippen LogP contribution is -2.25. The molecule has 8 aliphatic rings. The van der Waals surface area contributed by atoms with Gasteiger partial charge in [0.25, 0.3) is 0 Å². The highest BCUT2D eigenvalue weighted by atomic mass is 16.3. The van der Waals surface area contributed by atoms with E-state index in [4.69, 9.17) is 18.8 Å². The minimum atomic E-state index is 0.531. The van der Waals surface area contributed by atoms with Gasteiger partial charge >= 0.3 is 0 Å². The van der Waals surface area contributed by atoms with Crippen LogP contribution in [0.15, 0.2) is 112 Å². The summed E-state index contributed by atoms with van der Waals surface area (Å²) in [7, 11) is 0. The Kier molecular flexibility index (Phi) is 6.08. The molecule has 6 aromatic heterocycles. The van der Waals surface area contributed by atoms with Crippen molar-refractivity contribution >= 4 is 82.0 Å². The van der Waals surface area contributed by atoms with E-state index in [1.807, 2.05) is 0 Å². The molecule has 8 aliphatic carbocycles.